The number of carbonyl (C=O) groups excluding carboxylic acids is 2. The van der Waals surface area contributed by atoms with E-state index in [1.165, 1.54) is 6.07 Å². The summed E-state index contributed by atoms with van der Waals surface area (Å²) in [6.07, 6.45) is -4.60. The van der Waals surface area contributed by atoms with E-state index in [9.17, 15) is 22.8 Å². The average molecular weight is 431 g/mol. The predicted octanol–water partition coefficient (Wildman–Crippen LogP) is 4.35. The molecule has 0 spiro atoms. The predicted molar refractivity (Wildman–Crippen MR) is 99.0 cm³/mol. The topological polar surface area (TPSA) is 58.2 Å². The van der Waals surface area contributed by atoms with Gasteiger partial charge in [-0.3, -0.25) is 9.59 Å². The quantitative estimate of drug-likeness (QED) is 0.757. The fourth-order valence-electron chi connectivity index (χ4n) is 3.00. The van der Waals surface area contributed by atoms with E-state index in [2.05, 4.69) is 10.6 Å². The normalized spacial score (nSPS) is 17.9. The Balaban J connectivity index is 1.98. The van der Waals surface area contributed by atoms with E-state index < -0.39 is 34.6 Å². The molecule has 1 aliphatic heterocycles. The van der Waals surface area contributed by atoms with Gasteiger partial charge >= 0.3 is 6.18 Å². The minimum Gasteiger partial charge on any atom is -0.355 e. The van der Waals surface area contributed by atoms with Gasteiger partial charge in [-0.05, 0) is 35.4 Å². The minimum absolute atomic E-state index is 0.0353. The number of amides is 2. The molecule has 1 heterocycles. The Morgan fingerprint density at radius 1 is 1.11 bits per heavy atom. The van der Waals surface area contributed by atoms with Crippen molar-refractivity contribution >= 4 is 35.0 Å². The largest absolute Gasteiger partial charge is 0.417 e. The summed E-state index contributed by atoms with van der Waals surface area (Å²) >= 11 is 11.6. The second kappa shape index (κ2) is 8.01. The Morgan fingerprint density at radius 3 is 2.32 bits per heavy atom. The molecular weight excluding hydrogens is 416 g/mol. The number of halogens is 5. The second-order valence-electron chi connectivity index (χ2n) is 6.44. The van der Waals surface area contributed by atoms with E-state index in [1.54, 1.807) is 24.3 Å². The molecule has 28 heavy (non-hydrogen) atoms. The number of benzene rings is 2. The lowest BCUT2D eigenvalue weighted by Crippen LogP contribution is -2.35. The Labute approximate surface area is 169 Å². The first-order chi connectivity index (χ1) is 13.1. The van der Waals surface area contributed by atoms with E-state index >= 15 is 0 Å². The van der Waals surface area contributed by atoms with Crippen LogP contribution >= 0.6 is 23.2 Å². The maximum Gasteiger partial charge on any atom is 0.417 e. The lowest BCUT2D eigenvalue weighted by Gasteiger charge is -2.23. The van der Waals surface area contributed by atoms with Gasteiger partial charge in [0, 0.05) is 18.0 Å². The highest BCUT2D eigenvalue weighted by atomic mass is 35.5. The highest BCUT2D eigenvalue weighted by Crippen LogP contribution is 2.37. The highest BCUT2D eigenvalue weighted by molar-refractivity contribution is 6.31. The van der Waals surface area contributed by atoms with Crippen LogP contribution in [0.3, 0.4) is 0 Å². The minimum atomic E-state index is -4.64. The van der Waals surface area contributed by atoms with Crippen molar-refractivity contribution in [1.29, 1.82) is 0 Å². The van der Waals surface area contributed by atoms with Gasteiger partial charge in [-0.2, -0.15) is 13.2 Å². The summed E-state index contributed by atoms with van der Waals surface area (Å²) in [7, 11) is 0. The van der Waals surface area contributed by atoms with Crippen LogP contribution < -0.4 is 10.6 Å². The van der Waals surface area contributed by atoms with Gasteiger partial charge in [-0.15, -0.1) is 0 Å². The van der Waals surface area contributed by atoms with Gasteiger partial charge in [0.15, 0.2) is 0 Å². The zero-order valence-corrected chi connectivity index (χ0v) is 15.8. The third-order valence-corrected chi connectivity index (χ3v) is 5.05. The summed E-state index contributed by atoms with van der Waals surface area (Å²) in [6.45, 7) is 0.187. The van der Waals surface area contributed by atoms with Gasteiger partial charge < -0.3 is 10.6 Å². The fraction of sp³-hybridized carbons (Fsp3) is 0.263. The molecule has 9 heteroatoms. The van der Waals surface area contributed by atoms with Gasteiger partial charge in [0.05, 0.1) is 22.5 Å². The second-order valence-corrected chi connectivity index (χ2v) is 7.28. The third kappa shape index (κ3) is 4.59. The molecule has 0 saturated carbocycles. The fourth-order valence-corrected chi connectivity index (χ4v) is 3.36. The molecule has 2 aromatic rings. The summed E-state index contributed by atoms with van der Waals surface area (Å²) in [4.78, 5) is 24.0. The number of hydrogen-bond donors (Lipinski definition) is 2. The molecule has 2 N–H and O–H groups in total. The van der Waals surface area contributed by atoms with Crippen molar-refractivity contribution in [1.82, 2.24) is 10.6 Å². The average Bonchev–Trinajstić information content (AvgIpc) is 3.07. The van der Waals surface area contributed by atoms with Crippen LogP contribution in [0.4, 0.5) is 13.2 Å². The number of hydrogen-bond acceptors (Lipinski definition) is 2. The number of rotatable bonds is 4. The maximum atomic E-state index is 13.3. The van der Waals surface area contributed by atoms with Crippen LogP contribution in [0.15, 0.2) is 42.5 Å². The van der Waals surface area contributed by atoms with E-state index in [0.717, 1.165) is 12.1 Å². The van der Waals surface area contributed by atoms with Crippen LogP contribution in [0, 0.1) is 5.92 Å². The number of carbonyl (C=O) groups is 2. The summed E-state index contributed by atoms with van der Waals surface area (Å²) < 4.78 is 39.8. The van der Waals surface area contributed by atoms with Crippen molar-refractivity contribution in [2.45, 2.75) is 18.6 Å². The lowest BCUT2D eigenvalue weighted by molar-refractivity contribution is -0.137. The van der Waals surface area contributed by atoms with Gasteiger partial charge in [0.1, 0.15) is 0 Å². The van der Waals surface area contributed by atoms with Crippen molar-refractivity contribution in [2.75, 3.05) is 6.54 Å². The molecule has 0 radical (unpaired) electrons. The van der Waals surface area contributed by atoms with Crippen LogP contribution in [0.1, 0.15) is 29.2 Å². The van der Waals surface area contributed by atoms with Crippen LogP contribution in [0.5, 0.6) is 0 Å². The molecule has 2 atom stereocenters. The Kier molecular flexibility index (Phi) is 5.86. The van der Waals surface area contributed by atoms with Crippen LogP contribution in [0.2, 0.25) is 10.0 Å². The zero-order valence-electron chi connectivity index (χ0n) is 14.3. The van der Waals surface area contributed by atoms with Crippen molar-refractivity contribution < 1.29 is 22.8 Å². The molecule has 1 fully saturated rings. The molecule has 2 amide bonds. The Bertz CT molecular complexity index is 901. The summed E-state index contributed by atoms with van der Waals surface area (Å²) in [5.74, 6) is -1.26. The van der Waals surface area contributed by atoms with E-state index in [1.807, 2.05) is 0 Å². The molecule has 0 aromatic heterocycles. The Morgan fingerprint density at radius 2 is 1.75 bits per heavy atom. The molecular formula is C19H15Cl2F3N2O2. The first-order valence-electron chi connectivity index (χ1n) is 8.34. The molecule has 4 nitrogen and oxygen atoms in total. The van der Waals surface area contributed by atoms with Crippen molar-refractivity contribution in [3.63, 3.8) is 0 Å². The first-order valence-corrected chi connectivity index (χ1v) is 9.10. The summed E-state index contributed by atoms with van der Waals surface area (Å²) in [6, 6.07) is 9.03. The van der Waals surface area contributed by atoms with Crippen molar-refractivity contribution in [3.8, 4) is 0 Å². The molecule has 1 aliphatic rings. The summed E-state index contributed by atoms with van der Waals surface area (Å²) in [5.41, 5.74) is -0.229. The molecule has 148 valence electrons. The highest BCUT2D eigenvalue weighted by Gasteiger charge is 2.35. The Hall–Kier alpha value is -2.25. The molecule has 3 rings (SSSR count). The maximum absolute atomic E-state index is 13.3. The smallest absolute Gasteiger partial charge is 0.355 e. The van der Waals surface area contributed by atoms with Crippen LogP contribution in [-0.2, 0) is 15.8 Å². The van der Waals surface area contributed by atoms with Crippen molar-refractivity contribution in [2.24, 2.45) is 5.92 Å². The first kappa shape index (κ1) is 20.5. The van der Waals surface area contributed by atoms with Gasteiger partial charge in [-0.25, -0.2) is 0 Å². The standard InChI is InChI=1S/C19H15Cl2F3N2O2/c20-13-4-1-10(2-5-13)17(26-18(28)12-8-16(27)25-9-12)11-3-6-15(21)14(7-11)19(22,23)24/h1-7,12,17H,8-9H2,(H,25,27)(H,26,28). The number of alkyl halides is 3. The van der Waals surface area contributed by atoms with Gasteiger partial charge in [-0.1, -0.05) is 41.4 Å². The monoisotopic (exact) mass is 430 g/mol. The lowest BCUT2D eigenvalue weighted by atomic mass is 9.95. The number of nitrogens with one attached hydrogen (secondary N) is 2. The molecule has 2 unspecified atom stereocenters. The third-order valence-electron chi connectivity index (χ3n) is 4.47. The molecule has 2 aromatic carbocycles. The van der Waals surface area contributed by atoms with E-state index in [-0.39, 0.29) is 24.4 Å². The van der Waals surface area contributed by atoms with Crippen LogP contribution in [0.25, 0.3) is 0 Å². The molecule has 1 saturated heterocycles. The molecule has 0 bridgehead atoms. The molecule has 0 aliphatic carbocycles. The summed E-state index contributed by atoms with van der Waals surface area (Å²) in [5, 5.41) is 5.33. The SMILES string of the molecule is O=C1CC(C(=O)NC(c2ccc(Cl)cc2)c2ccc(Cl)c(C(F)(F)F)c2)CN1. The van der Waals surface area contributed by atoms with E-state index in [4.69, 9.17) is 23.2 Å². The van der Waals surface area contributed by atoms with Crippen LogP contribution in [-0.4, -0.2) is 18.4 Å². The van der Waals surface area contributed by atoms with Crippen molar-refractivity contribution in [3.05, 3.63) is 69.2 Å². The zero-order chi connectivity index (χ0) is 20.5. The van der Waals surface area contributed by atoms with E-state index in [0.29, 0.717) is 10.6 Å². The van der Waals surface area contributed by atoms with Gasteiger partial charge in [0.25, 0.3) is 0 Å². The van der Waals surface area contributed by atoms with Gasteiger partial charge in [0.2, 0.25) is 11.8 Å².